The van der Waals surface area contributed by atoms with E-state index >= 15 is 0 Å². The van der Waals surface area contributed by atoms with Crippen LogP contribution in [0.5, 0.6) is 0 Å². The van der Waals surface area contributed by atoms with Crippen molar-refractivity contribution in [1.29, 1.82) is 0 Å². The van der Waals surface area contributed by atoms with Gasteiger partial charge in [0.1, 0.15) is 11.5 Å². The molecule has 0 aliphatic heterocycles. The Morgan fingerprint density at radius 1 is 1.38 bits per heavy atom. The molecule has 3 nitrogen and oxygen atoms in total. The summed E-state index contributed by atoms with van der Waals surface area (Å²) in [7, 11) is 0. The van der Waals surface area contributed by atoms with Crippen LogP contribution in [0.25, 0.3) is 0 Å². The molecule has 5 heteroatoms. The summed E-state index contributed by atoms with van der Waals surface area (Å²) in [5.74, 6) is -0.413. The van der Waals surface area contributed by atoms with Crippen LogP contribution in [0.2, 0.25) is 0 Å². The molecular weight excluding hydrogens is 335 g/mol. The highest BCUT2D eigenvalue weighted by atomic mass is 79.9. The van der Waals surface area contributed by atoms with Crippen LogP contribution < -0.4 is 5.32 Å². The molecule has 2 aromatic rings. The molecule has 1 amide bonds. The molecule has 0 saturated carbocycles. The van der Waals surface area contributed by atoms with Crippen molar-refractivity contribution in [2.75, 3.05) is 0 Å². The average molecular weight is 353 g/mol. The lowest BCUT2D eigenvalue weighted by molar-refractivity contribution is 0.0930. The van der Waals surface area contributed by atoms with Crippen molar-refractivity contribution < 1.29 is 9.18 Å². The molecule has 1 aromatic heterocycles. The fourth-order valence-corrected chi connectivity index (χ4v) is 2.66. The summed E-state index contributed by atoms with van der Waals surface area (Å²) >= 11 is 3.40. The van der Waals surface area contributed by atoms with Crippen LogP contribution >= 0.6 is 15.9 Å². The lowest BCUT2D eigenvalue weighted by Crippen LogP contribution is -2.28. The van der Waals surface area contributed by atoms with Crippen LogP contribution in [0, 0.1) is 5.82 Å². The highest BCUT2D eigenvalue weighted by Gasteiger charge is 2.16. The second kappa shape index (κ2) is 6.89. The average Bonchev–Trinajstić information content (AvgIpc) is 2.81. The van der Waals surface area contributed by atoms with Gasteiger partial charge < -0.3 is 9.88 Å². The van der Waals surface area contributed by atoms with Crippen molar-refractivity contribution in [3.8, 4) is 0 Å². The molecule has 0 bridgehead atoms. The van der Waals surface area contributed by atoms with Gasteiger partial charge in [-0.15, -0.1) is 0 Å². The molecule has 0 saturated heterocycles. The summed E-state index contributed by atoms with van der Waals surface area (Å²) in [5.41, 5.74) is 1.50. The maximum atomic E-state index is 12.9. The minimum absolute atomic E-state index is 0.133. The molecular formula is C16H18BrFN2O. The predicted octanol–water partition coefficient (Wildman–Crippen LogP) is 4.29. The Bertz CT molecular complexity index is 622. The molecule has 0 fully saturated rings. The fourth-order valence-electron chi connectivity index (χ4n) is 2.20. The van der Waals surface area contributed by atoms with E-state index in [1.807, 2.05) is 23.8 Å². The number of carbonyl (C=O) groups is 1. The fraction of sp³-hybridized carbons (Fsp3) is 0.312. The lowest BCUT2D eigenvalue weighted by atomic mass is 10.1. The molecule has 1 aromatic carbocycles. The van der Waals surface area contributed by atoms with Gasteiger partial charge in [-0.2, -0.15) is 0 Å². The van der Waals surface area contributed by atoms with E-state index in [1.165, 1.54) is 12.1 Å². The van der Waals surface area contributed by atoms with Gasteiger partial charge in [0, 0.05) is 17.2 Å². The number of nitrogens with zero attached hydrogens (tertiary/aromatic N) is 1. The zero-order valence-corrected chi connectivity index (χ0v) is 13.7. The molecule has 2 rings (SSSR count). The number of halogens is 2. The first kappa shape index (κ1) is 15.8. The molecule has 1 atom stereocenters. The maximum absolute atomic E-state index is 12.9. The molecule has 21 heavy (non-hydrogen) atoms. The van der Waals surface area contributed by atoms with Gasteiger partial charge in [-0.3, -0.25) is 4.79 Å². The standard InChI is InChI=1S/C16H18BrFN2O/c1-3-8-20-10-13(17)9-15(20)16(21)19-11(2)12-4-6-14(18)7-5-12/h4-7,9-11H,3,8H2,1-2H3,(H,19,21). The van der Waals surface area contributed by atoms with E-state index in [0.29, 0.717) is 5.69 Å². The third kappa shape index (κ3) is 3.94. The minimum Gasteiger partial charge on any atom is -0.344 e. The minimum atomic E-state index is -0.280. The van der Waals surface area contributed by atoms with Crippen molar-refractivity contribution in [1.82, 2.24) is 9.88 Å². The summed E-state index contributed by atoms with van der Waals surface area (Å²) in [6.45, 7) is 4.74. The number of carbonyl (C=O) groups excluding carboxylic acids is 1. The lowest BCUT2D eigenvalue weighted by Gasteiger charge is -2.15. The summed E-state index contributed by atoms with van der Waals surface area (Å²) in [6, 6.07) is 7.79. The van der Waals surface area contributed by atoms with Crippen molar-refractivity contribution in [2.45, 2.75) is 32.9 Å². The Balaban J connectivity index is 2.12. The first-order chi connectivity index (χ1) is 10.0. The van der Waals surface area contributed by atoms with Gasteiger partial charge in [-0.25, -0.2) is 4.39 Å². The summed E-state index contributed by atoms with van der Waals surface area (Å²) in [4.78, 5) is 12.4. The van der Waals surface area contributed by atoms with E-state index < -0.39 is 0 Å². The Morgan fingerprint density at radius 2 is 2.05 bits per heavy atom. The normalized spacial score (nSPS) is 12.2. The van der Waals surface area contributed by atoms with E-state index in [9.17, 15) is 9.18 Å². The van der Waals surface area contributed by atoms with E-state index in [0.717, 1.165) is 23.0 Å². The van der Waals surface area contributed by atoms with E-state index in [1.54, 1.807) is 12.1 Å². The molecule has 0 spiro atoms. The number of benzene rings is 1. The Hall–Kier alpha value is -1.62. The smallest absolute Gasteiger partial charge is 0.268 e. The van der Waals surface area contributed by atoms with Gasteiger partial charge in [0.2, 0.25) is 0 Å². The second-order valence-corrected chi connectivity index (χ2v) is 5.90. The van der Waals surface area contributed by atoms with E-state index in [4.69, 9.17) is 0 Å². The largest absolute Gasteiger partial charge is 0.344 e. The number of amides is 1. The number of aromatic nitrogens is 1. The van der Waals surface area contributed by atoms with Gasteiger partial charge in [-0.1, -0.05) is 19.1 Å². The van der Waals surface area contributed by atoms with Gasteiger partial charge >= 0.3 is 0 Å². The molecule has 1 unspecified atom stereocenters. The summed E-state index contributed by atoms with van der Waals surface area (Å²) in [6.07, 6.45) is 2.86. The van der Waals surface area contributed by atoms with E-state index in [-0.39, 0.29) is 17.8 Å². The number of aryl methyl sites for hydroxylation is 1. The predicted molar refractivity (Wildman–Crippen MR) is 84.7 cm³/mol. The summed E-state index contributed by atoms with van der Waals surface area (Å²) < 4.78 is 15.7. The number of nitrogens with one attached hydrogen (secondary N) is 1. The zero-order chi connectivity index (χ0) is 15.4. The van der Waals surface area contributed by atoms with Crippen LogP contribution in [0.1, 0.15) is 42.4 Å². The van der Waals surface area contributed by atoms with Gasteiger partial charge in [0.15, 0.2) is 0 Å². The number of hydrogen-bond acceptors (Lipinski definition) is 1. The first-order valence-electron chi connectivity index (χ1n) is 6.93. The number of rotatable bonds is 5. The maximum Gasteiger partial charge on any atom is 0.268 e. The number of hydrogen-bond donors (Lipinski definition) is 1. The first-order valence-corrected chi connectivity index (χ1v) is 7.72. The second-order valence-electron chi connectivity index (χ2n) is 4.98. The van der Waals surface area contributed by atoms with Crippen LogP contribution in [-0.2, 0) is 6.54 Å². The van der Waals surface area contributed by atoms with Gasteiger partial charge in [0.25, 0.3) is 5.91 Å². The highest BCUT2D eigenvalue weighted by Crippen LogP contribution is 2.18. The van der Waals surface area contributed by atoms with Crippen LogP contribution in [0.3, 0.4) is 0 Å². The quantitative estimate of drug-likeness (QED) is 0.855. The van der Waals surface area contributed by atoms with E-state index in [2.05, 4.69) is 28.2 Å². The SMILES string of the molecule is CCCn1cc(Br)cc1C(=O)NC(C)c1ccc(F)cc1. The molecule has 1 heterocycles. The molecule has 0 radical (unpaired) electrons. The topological polar surface area (TPSA) is 34.0 Å². The van der Waals surface area contributed by atoms with Crippen molar-refractivity contribution in [3.63, 3.8) is 0 Å². The monoisotopic (exact) mass is 352 g/mol. The molecule has 0 aliphatic carbocycles. The zero-order valence-electron chi connectivity index (χ0n) is 12.1. The Morgan fingerprint density at radius 3 is 2.67 bits per heavy atom. The third-order valence-corrected chi connectivity index (χ3v) is 3.71. The van der Waals surface area contributed by atoms with Gasteiger partial charge in [-0.05, 0) is 53.0 Å². The molecule has 0 aliphatic rings. The third-order valence-electron chi connectivity index (χ3n) is 3.28. The summed E-state index contributed by atoms with van der Waals surface area (Å²) in [5, 5.41) is 2.94. The highest BCUT2D eigenvalue weighted by molar-refractivity contribution is 9.10. The molecule has 112 valence electrons. The van der Waals surface area contributed by atoms with Crippen molar-refractivity contribution in [2.24, 2.45) is 0 Å². The van der Waals surface area contributed by atoms with Crippen LogP contribution in [0.4, 0.5) is 4.39 Å². The van der Waals surface area contributed by atoms with Gasteiger partial charge in [0.05, 0.1) is 6.04 Å². The Kier molecular flexibility index (Phi) is 5.17. The van der Waals surface area contributed by atoms with Crippen LogP contribution in [0.15, 0.2) is 41.0 Å². The molecule has 1 N–H and O–H groups in total. The van der Waals surface area contributed by atoms with Crippen molar-refractivity contribution in [3.05, 3.63) is 58.1 Å². The Labute approximate surface area is 132 Å². The van der Waals surface area contributed by atoms with Crippen molar-refractivity contribution >= 4 is 21.8 Å². The van der Waals surface area contributed by atoms with Crippen LogP contribution in [-0.4, -0.2) is 10.5 Å².